The van der Waals surface area contributed by atoms with Gasteiger partial charge >= 0.3 is 0 Å². The summed E-state index contributed by atoms with van der Waals surface area (Å²) in [4.78, 5) is 23.4. The van der Waals surface area contributed by atoms with Crippen LogP contribution in [0.2, 0.25) is 0 Å². The van der Waals surface area contributed by atoms with Gasteiger partial charge in [0.1, 0.15) is 13.2 Å². The average Bonchev–Trinajstić information content (AvgIpc) is 2.59. The zero-order valence-corrected chi connectivity index (χ0v) is 14.2. The molecule has 2 aromatic rings. The van der Waals surface area contributed by atoms with Crippen molar-refractivity contribution in [3.63, 3.8) is 0 Å². The molecule has 25 heavy (non-hydrogen) atoms. The Morgan fingerprint density at radius 3 is 2.60 bits per heavy atom. The number of carbonyl (C=O) groups excluding carboxylic acids is 1. The number of rotatable bonds is 6. The number of benzene rings is 1. The molecule has 1 aliphatic rings. The largest absolute Gasteiger partial charge is 0.486 e. The van der Waals surface area contributed by atoms with Crippen molar-refractivity contribution in [1.82, 2.24) is 20.3 Å². The molecule has 0 spiro atoms. The van der Waals surface area contributed by atoms with Gasteiger partial charge in [-0.2, -0.15) is 15.0 Å². The molecule has 0 radical (unpaired) electrons. The lowest BCUT2D eigenvalue weighted by Gasteiger charge is -2.18. The first-order valence-electron chi connectivity index (χ1n) is 7.65. The molecule has 10 heteroatoms. The molecule has 0 saturated heterocycles. The minimum Gasteiger partial charge on any atom is -0.486 e. The van der Waals surface area contributed by atoms with Crippen LogP contribution in [0.15, 0.2) is 23.4 Å². The van der Waals surface area contributed by atoms with Crippen LogP contribution in [0, 0.1) is 0 Å². The third-order valence-corrected chi connectivity index (χ3v) is 4.17. The van der Waals surface area contributed by atoms with Crippen LogP contribution in [0.1, 0.15) is 5.56 Å². The van der Waals surface area contributed by atoms with Crippen molar-refractivity contribution in [1.29, 1.82) is 0 Å². The molecule has 0 saturated carbocycles. The lowest BCUT2D eigenvalue weighted by atomic mass is 10.1. The molecule has 0 unspecified atom stereocenters. The van der Waals surface area contributed by atoms with E-state index in [-0.39, 0.29) is 23.6 Å². The van der Waals surface area contributed by atoms with Crippen LogP contribution < -0.4 is 26.3 Å². The highest BCUT2D eigenvalue weighted by molar-refractivity contribution is 7.99. The lowest BCUT2D eigenvalue weighted by molar-refractivity contribution is -0.118. The summed E-state index contributed by atoms with van der Waals surface area (Å²) in [5, 5.41) is 3.17. The van der Waals surface area contributed by atoms with E-state index in [9.17, 15) is 4.79 Å². The Kier molecular flexibility index (Phi) is 5.39. The first kappa shape index (κ1) is 17.1. The molecular formula is C15H18N6O3S. The van der Waals surface area contributed by atoms with Gasteiger partial charge in [-0.05, 0) is 24.1 Å². The zero-order chi connectivity index (χ0) is 17.6. The Morgan fingerprint density at radius 2 is 1.84 bits per heavy atom. The third kappa shape index (κ3) is 4.86. The molecule has 1 amide bonds. The molecule has 1 aromatic carbocycles. The maximum absolute atomic E-state index is 11.9. The van der Waals surface area contributed by atoms with Gasteiger partial charge in [0.15, 0.2) is 16.7 Å². The fourth-order valence-electron chi connectivity index (χ4n) is 2.22. The molecule has 132 valence electrons. The summed E-state index contributed by atoms with van der Waals surface area (Å²) >= 11 is 1.15. The van der Waals surface area contributed by atoms with E-state index in [4.69, 9.17) is 20.9 Å². The van der Waals surface area contributed by atoms with E-state index in [1.54, 1.807) is 0 Å². The van der Waals surface area contributed by atoms with Crippen molar-refractivity contribution >= 4 is 29.6 Å². The van der Waals surface area contributed by atoms with Crippen molar-refractivity contribution in [2.45, 2.75) is 11.6 Å². The predicted octanol–water partition coefficient (Wildman–Crippen LogP) is 0.258. The Morgan fingerprint density at radius 1 is 1.12 bits per heavy atom. The molecule has 0 fully saturated rings. The van der Waals surface area contributed by atoms with Crippen molar-refractivity contribution in [2.24, 2.45) is 0 Å². The van der Waals surface area contributed by atoms with E-state index >= 15 is 0 Å². The molecule has 9 nitrogen and oxygen atoms in total. The van der Waals surface area contributed by atoms with Gasteiger partial charge in [-0.15, -0.1) is 0 Å². The van der Waals surface area contributed by atoms with E-state index in [0.717, 1.165) is 28.8 Å². The van der Waals surface area contributed by atoms with E-state index in [0.29, 0.717) is 31.3 Å². The number of nitrogens with zero attached hydrogens (tertiary/aromatic N) is 3. The van der Waals surface area contributed by atoms with Gasteiger partial charge in [0.05, 0.1) is 5.75 Å². The van der Waals surface area contributed by atoms with Crippen LogP contribution in [0.5, 0.6) is 11.5 Å². The van der Waals surface area contributed by atoms with Crippen LogP contribution >= 0.6 is 11.8 Å². The zero-order valence-electron chi connectivity index (χ0n) is 13.4. The summed E-state index contributed by atoms with van der Waals surface area (Å²) < 4.78 is 11.0. The molecule has 3 rings (SSSR count). The van der Waals surface area contributed by atoms with Crippen molar-refractivity contribution < 1.29 is 14.3 Å². The number of carbonyl (C=O) groups is 1. The fourth-order valence-corrected chi connectivity index (χ4v) is 2.90. The highest BCUT2D eigenvalue weighted by Crippen LogP contribution is 2.30. The molecule has 0 bridgehead atoms. The van der Waals surface area contributed by atoms with Gasteiger partial charge in [-0.25, -0.2) is 0 Å². The summed E-state index contributed by atoms with van der Waals surface area (Å²) in [5.41, 5.74) is 12.0. The number of fused-ring (bicyclic) bond motifs is 1. The lowest BCUT2D eigenvalue weighted by Crippen LogP contribution is -2.27. The van der Waals surface area contributed by atoms with Gasteiger partial charge in [0, 0.05) is 6.54 Å². The number of hydrogen-bond donors (Lipinski definition) is 3. The number of amides is 1. The SMILES string of the molecule is Nc1nc(N)nc(SCC(=O)NCCc2ccc3c(c2)OCCO3)n1. The Balaban J connectivity index is 1.43. The monoisotopic (exact) mass is 362 g/mol. The summed E-state index contributed by atoms with van der Waals surface area (Å²) in [6.45, 7) is 1.63. The Labute approximate surface area is 148 Å². The second-order valence-corrected chi connectivity index (χ2v) is 6.14. The Bertz CT molecular complexity index is 753. The van der Waals surface area contributed by atoms with Crippen LogP contribution in [-0.4, -0.2) is 46.4 Å². The smallest absolute Gasteiger partial charge is 0.230 e. The van der Waals surface area contributed by atoms with Crippen LogP contribution in [0.3, 0.4) is 0 Å². The third-order valence-electron chi connectivity index (χ3n) is 3.32. The highest BCUT2D eigenvalue weighted by atomic mass is 32.2. The number of anilines is 2. The maximum Gasteiger partial charge on any atom is 0.230 e. The summed E-state index contributed by atoms with van der Waals surface area (Å²) in [7, 11) is 0. The van der Waals surface area contributed by atoms with E-state index in [1.165, 1.54) is 0 Å². The van der Waals surface area contributed by atoms with Gasteiger partial charge < -0.3 is 26.3 Å². The second kappa shape index (κ2) is 7.88. The average molecular weight is 362 g/mol. The van der Waals surface area contributed by atoms with Crippen LogP contribution in [0.25, 0.3) is 0 Å². The molecule has 0 atom stereocenters. The molecule has 5 N–H and O–H groups in total. The highest BCUT2D eigenvalue weighted by Gasteiger charge is 2.12. The van der Waals surface area contributed by atoms with Gasteiger partial charge in [0.25, 0.3) is 0 Å². The van der Waals surface area contributed by atoms with Crippen molar-refractivity contribution in [3.05, 3.63) is 23.8 Å². The Hall–Kier alpha value is -2.75. The minimum absolute atomic E-state index is 0.0361. The van der Waals surface area contributed by atoms with Crippen LogP contribution in [-0.2, 0) is 11.2 Å². The quantitative estimate of drug-likeness (QED) is 0.617. The molecule has 1 aromatic heterocycles. The summed E-state index contributed by atoms with van der Waals surface area (Å²) in [6.07, 6.45) is 0.693. The molecular weight excluding hydrogens is 344 g/mol. The number of hydrogen-bond acceptors (Lipinski definition) is 9. The number of nitrogens with two attached hydrogens (primary N) is 2. The van der Waals surface area contributed by atoms with E-state index < -0.39 is 0 Å². The fraction of sp³-hybridized carbons (Fsp3) is 0.333. The minimum atomic E-state index is -0.125. The van der Waals surface area contributed by atoms with Gasteiger partial charge in [-0.3, -0.25) is 4.79 Å². The van der Waals surface area contributed by atoms with Gasteiger partial charge in [0.2, 0.25) is 17.8 Å². The van der Waals surface area contributed by atoms with Crippen molar-refractivity contribution in [2.75, 3.05) is 37.0 Å². The number of aromatic nitrogens is 3. The predicted molar refractivity (Wildman–Crippen MR) is 93.5 cm³/mol. The van der Waals surface area contributed by atoms with E-state index in [2.05, 4.69) is 20.3 Å². The van der Waals surface area contributed by atoms with Crippen molar-refractivity contribution in [3.8, 4) is 11.5 Å². The molecule has 2 heterocycles. The first-order chi connectivity index (χ1) is 12.1. The second-order valence-electron chi connectivity index (χ2n) is 5.20. The number of thioether (sulfide) groups is 1. The summed E-state index contributed by atoms with van der Waals surface area (Å²) in [5.74, 6) is 1.62. The normalized spacial score (nSPS) is 12.6. The summed E-state index contributed by atoms with van der Waals surface area (Å²) in [6, 6.07) is 5.79. The molecule has 0 aliphatic carbocycles. The molecule has 1 aliphatic heterocycles. The van der Waals surface area contributed by atoms with Gasteiger partial charge in [-0.1, -0.05) is 17.8 Å². The van der Waals surface area contributed by atoms with Crippen LogP contribution in [0.4, 0.5) is 11.9 Å². The topological polar surface area (TPSA) is 138 Å². The number of ether oxygens (including phenoxy) is 2. The maximum atomic E-state index is 11.9. The number of nitrogens with one attached hydrogen (secondary N) is 1. The number of nitrogen functional groups attached to an aromatic ring is 2. The first-order valence-corrected chi connectivity index (χ1v) is 8.64. The standard InChI is InChI=1S/C15H18N6O3S/c16-13-19-14(17)21-15(20-13)25-8-12(22)18-4-3-9-1-2-10-11(7-9)24-6-5-23-10/h1-2,7H,3-6,8H2,(H,18,22)(H4,16,17,19,20,21). The van der Waals surface area contributed by atoms with E-state index in [1.807, 2.05) is 18.2 Å².